The number of carboxylic acids is 1. The highest BCUT2D eigenvalue weighted by molar-refractivity contribution is 7.93. The Labute approximate surface area is 399 Å². The van der Waals surface area contributed by atoms with Crippen LogP contribution in [0.5, 0.6) is 0 Å². The standard InChI is InChI=1S/C21H16Cl2F3N3O3S.C13H7Cl2F3N2O4S.C8H11N/c1-12-5-3-4-6-18(12)29(2)20(30)19-17(9-13(22)11-27-19)28-33(31,32)14-7-8-16(23)15(10-14)21(24,25)26;14-6-3-10(11(12(21)22)19-5-6)20-25(23,24)7-1-2-9(15)8(4-7)13(16,17)18;1-7-5-3-4-6-8(7)9-2/h3-11,28H,1-2H3;1-5,20H,(H,21,22);3-6,9H,1-2H3. The lowest BCUT2D eigenvalue weighted by Crippen LogP contribution is -2.29. The molecule has 4 N–H and O–H groups in total. The largest absolute Gasteiger partial charge is 0.476 e. The summed E-state index contributed by atoms with van der Waals surface area (Å²) in [6, 6.07) is 21.4. The third kappa shape index (κ3) is 14.1. The maximum Gasteiger partial charge on any atom is 0.417 e. The maximum absolute atomic E-state index is 13.2. The van der Waals surface area contributed by atoms with Crippen LogP contribution < -0.4 is 19.7 Å². The van der Waals surface area contributed by atoms with Crippen LogP contribution >= 0.6 is 46.4 Å². The number of sulfonamides is 2. The molecule has 0 saturated carbocycles. The summed E-state index contributed by atoms with van der Waals surface area (Å²) in [7, 11) is -5.71. The van der Waals surface area contributed by atoms with Crippen LogP contribution in [-0.2, 0) is 32.4 Å². The lowest BCUT2D eigenvalue weighted by molar-refractivity contribution is -0.138. The quantitative estimate of drug-likeness (QED) is 0.0962. The first-order valence-corrected chi connectivity index (χ1v) is 23.0. The summed E-state index contributed by atoms with van der Waals surface area (Å²) < 4.78 is 132. The van der Waals surface area contributed by atoms with Gasteiger partial charge < -0.3 is 15.3 Å². The maximum atomic E-state index is 13.2. The molecule has 2 heterocycles. The molecule has 0 unspecified atom stereocenters. The Morgan fingerprint density at radius 3 is 1.43 bits per heavy atom. The van der Waals surface area contributed by atoms with Crippen LogP contribution in [0.1, 0.15) is 43.2 Å². The van der Waals surface area contributed by atoms with Gasteiger partial charge in [-0.05, 0) is 85.6 Å². The number of hydrogen-bond acceptors (Lipinski definition) is 9. The molecule has 0 atom stereocenters. The van der Waals surface area contributed by atoms with Crippen LogP contribution in [0, 0.1) is 13.8 Å². The molecule has 1 amide bonds. The van der Waals surface area contributed by atoms with Gasteiger partial charge in [0.1, 0.15) is 0 Å². The Morgan fingerprint density at radius 2 is 1.03 bits per heavy atom. The van der Waals surface area contributed by atoms with Gasteiger partial charge in [-0.3, -0.25) is 14.2 Å². The number of rotatable bonds is 10. The fraction of sp³-hybridized carbons (Fsp3) is 0.143. The topological polar surface area (TPSA) is 188 Å². The molecule has 2 aromatic heterocycles. The van der Waals surface area contributed by atoms with Gasteiger partial charge in [-0.25, -0.2) is 31.6 Å². The molecule has 0 radical (unpaired) electrons. The number of hydrogen-bond donors (Lipinski definition) is 4. The Morgan fingerprint density at radius 1 is 0.612 bits per heavy atom. The number of anilines is 4. The number of alkyl halides is 6. The van der Waals surface area contributed by atoms with Crippen molar-refractivity contribution in [1.29, 1.82) is 0 Å². The normalized spacial score (nSPS) is 11.6. The molecule has 0 aliphatic rings. The van der Waals surface area contributed by atoms with Gasteiger partial charge in [-0.1, -0.05) is 82.8 Å². The van der Waals surface area contributed by atoms with E-state index < -0.39 is 86.6 Å². The van der Waals surface area contributed by atoms with Crippen molar-refractivity contribution in [3.8, 4) is 0 Å². The van der Waals surface area contributed by atoms with Crippen molar-refractivity contribution in [3.05, 3.63) is 163 Å². The van der Waals surface area contributed by atoms with E-state index in [2.05, 4.69) is 39.1 Å². The van der Waals surface area contributed by atoms with E-state index in [-0.39, 0.29) is 21.4 Å². The van der Waals surface area contributed by atoms with Gasteiger partial charge in [-0.2, -0.15) is 26.3 Å². The number of aromatic carboxylic acids is 1. The molecule has 356 valence electrons. The molecule has 25 heteroatoms. The summed E-state index contributed by atoms with van der Waals surface area (Å²) in [5, 5.41) is 10.7. The predicted octanol–water partition coefficient (Wildman–Crippen LogP) is 11.7. The van der Waals surface area contributed by atoms with Gasteiger partial charge in [-0.15, -0.1) is 0 Å². The Hall–Kier alpha value is -5.84. The molecule has 0 aliphatic carbocycles. The van der Waals surface area contributed by atoms with Crippen LogP contribution in [0.4, 0.5) is 49.1 Å². The Kier molecular flexibility index (Phi) is 17.5. The van der Waals surface area contributed by atoms with Gasteiger partial charge in [0.05, 0.1) is 52.4 Å². The molecular formula is C42H34Cl4F6N6O7S2. The first kappa shape index (κ1) is 53.8. The van der Waals surface area contributed by atoms with Crippen molar-refractivity contribution < 1.29 is 57.9 Å². The van der Waals surface area contributed by atoms with Crippen molar-refractivity contribution in [1.82, 2.24) is 9.97 Å². The number of aromatic nitrogens is 2. The second kappa shape index (κ2) is 21.9. The second-order valence-corrected chi connectivity index (χ2v) is 18.7. The number of para-hydroxylation sites is 2. The average Bonchev–Trinajstić information content (AvgIpc) is 3.23. The lowest BCUT2D eigenvalue weighted by Gasteiger charge is -2.21. The molecule has 0 saturated heterocycles. The summed E-state index contributed by atoms with van der Waals surface area (Å²) in [4.78, 5) is 31.4. The predicted molar refractivity (Wildman–Crippen MR) is 245 cm³/mol. The molecule has 0 fully saturated rings. The average molecular weight is 1050 g/mol. The number of benzene rings is 4. The van der Waals surface area contributed by atoms with Crippen molar-refractivity contribution >= 4 is 101 Å². The third-order valence-corrected chi connectivity index (χ3v) is 12.7. The first-order chi connectivity index (χ1) is 31.1. The number of pyridine rings is 2. The second-order valence-electron chi connectivity index (χ2n) is 13.6. The molecule has 6 rings (SSSR count). The van der Waals surface area contributed by atoms with Crippen LogP contribution in [0.25, 0.3) is 0 Å². The highest BCUT2D eigenvalue weighted by Crippen LogP contribution is 2.38. The van der Waals surface area contributed by atoms with Crippen molar-refractivity contribution in [2.24, 2.45) is 0 Å². The Bertz CT molecular complexity index is 3040. The van der Waals surface area contributed by atoms with E-state index in [4.69, 9.17) is 51.5 Å². The van der Waals surface area contributed by atoms with E-state index in [1.807, 2.05) is 23.9 Å². The van der Waals surface area contributed by atoms with E-state index in [0.717, 1.165) is 54.4 Å². The molecule has 0 spiro atoms. The van der Waals surface area contributed by atoms with Crippen LogP contribution in [0.3, 0.4) is 0 Å². The minimum Gasteiger partial charge on any atom is -0.476 e. The molecule has 0 aliphatic heterocycles. The summed E-state index contributed by atoms with van der Waals surface area (Å²) in [5.41, 5.74) is -0.577. The number of carboxylic acid groups (broad SMARTS) is 1. The van der Waals surface area contributed by atoms with Crippen molar-refractivity contribution in [2.75, 3.05) is 33.8 Å². The number of carbonyl (C=O) groups excluding carboxylic acids is 1. The summed E-state index contributed by atoms with van der Waals surface area (Å²) in [6.45, 7) is 3.88. The lowest BCUT2D eigenvalue weighted by atomic mass is 10.1. The number of halogens is 10. The molecular weight excluding hydrogens is 1020 g/mol. The van der Waals surface area contributed by atoms with Gasteiger partial charge >= 0.3 is 18.3 Å². The van der Waals surface area contributed by atoms with Crippen molar-refractivity contribution in [3.63, 3.8) is 0 Å². The molecule has 6 aromatic rings. The van der Waals surface area contributed by atoms with Crippen LogP contribution in [-0.4, -0.2) is 57.9 Å². The van der Waals surface area contributed by atoms with Gasteiger partial charge in [0.15, 0.2) is 11.4 Å². The van der Waals surface area contributed by atoms with Crippen LogP contribution in [0.2, 0.25) is 20.1 Å². The van der Waals surface area contributed by atoms with E-state index in [1.54, 1.807) is 31.2 Å². The zero-order valence-corrected chi connectivity index (χ0v) is 39.4. The van der Waals surface area contributed by atoms with E-state index in [0.29, 0.717) is 17.8 Å². The number of aryl methyl sites for hydroxylation is 2. The van der Waals surface area contributed by atoms with E-state index in [1.165, 1.54) is 23.2 Å². The highest BCUT2D eigenvalue weighted by Gasteiger charge is 2.36. The zero-order valence-electron chi connectivity index (χ0n) is 34.7. The molecule has 4 aromatic carbocycles. The first-order valence-electron chi connectivity index (χ1n) is 18.5. The number of nitrogens with zero attached hydrogens (tertiary/aromatic N) is 3. The van der Waals surface area contributed by atoms with Gasteiger partial charge in [0.2, 0.25) is 0 Å². The minimum absolute atomic E-state index is 0.00915. The summed E-state index contributed by atoms with van der Waals surface area (Å²) in [6.07, 6.45) is -7.60. The SMILES string of the molecule is CNc1ccccc1C.Cc1ccccc1N(C)C(=O)c1ncc(Cl)cc1NS(=O)(=O)c1ccc(Cl)c(C(F)(F)F)c1.O=C(O)c1ncc(Cl)cc1NS(=O)(=O)c1ccc(Cl)c(C(F)(F)F)c1. The minimum atomic E-state index is -4.87. The smallest absolute Gasteiger partial charge is 0.417 e. The molecule has 0 bridgehead atoms. The number of nitrogens with one attached hydrogen (secondary N) is 3. The number of carbonyl (C=O) groups is 2. The molecule has 67 heavy (non-hydrogen) atoms. The van der Waals surface area contributed by atoms with Crippen LogP contribution in [0.15, 0.2) is 119 Å². The summed E-state index contributed by atoms with van der Waals surface area (Å²) in [5.74, 6) is -2.22. The summed E-state index contributed by atoms with van der Waals surface area (Å²) >= 11 is 22.6. The Balaban J connectivity index is 0.000000253. The van der Waals surface area contributed by atoms with E-state index >= 15 is 0 Å². The van der Waals surface area contributed by atoms with Gasteiger partial charge in [0, 0.05) is 37.9 Å². The van der Waals surface area contributed by atoms with Gasteiger partial charge in [0.25, 0.3) is 26.0 Å². The third-order valence-electron chi connectivity index (χ3n) is 8.91. The van der Waals surface area contributed by atoms with Crippen molar-refractivity contribution in [2.45, 2.75) is 36.0 Å². The zero-order chi connectivity index (χ0) is 50.2. The fourth-order valence-electron chi connectivity index (χ4n) is 5.62. The monoisotopic (exact) mass is 1050 g/mol. The fourth-order valence-corrected chi connectivity index (χ4v) is 8.55. The number of amides is 1. The highest BCUT2D eigenvalue weighted by atomic mass is 35.5. The molecule has 13 nitrogen and oxygen atoms in total. The van der Waals surface area contributed by atoms with E-state index in [9.17, 15) is 52.8 Å².